The molecule has 2 unspecified atom stereocenters. The van der Waals surface area contributed by atoms with Gasteiger partial charge in [-0.1, -0.05) is 29.3 Å². The highest BCUT2D eigenvalue weighted by atomic mass is 35.5. The maximum Gasteiger partial charge on any atom is 0.232 e. The molecule has 1 fully saturated rings. The lowest BCUT2D eigenvalue weighted by Crippen LogP contribution is -2.22. The number of aliphatic hydroxyl groups is 1. The van der Waals surface area contributed by atoms with E-state index in [1.807, 2.05) is 0 Å². The first kappa shape index (κ1) is 11.7. The predicted molar refractivity (Wildman–Crippen MR) is 62.8 cm³/mol. The molecule has 0 radical (unpaired) electrons. The van der Waals surface area contributed by atoms with E-state index in [2.05, 4.69) is 0 Å². The molecule has 2 atom stereocenters. The Morgan fingerprint density at radius 3 is 2.38 bits per heavy atom. The maximum atomic E-state index is 11.9. The Hall–Kier alpha value is -0.770. The maximum absolute atomic E-state index is 11.9. The molecule has 86 valence electrons. The molecule has 1 heterocycles. The average molecular weight is 260 g/mol. The first-order chi connectivity index (χ1) is 7.52. The number of likely N-dealkylation sites (tertiary alicyclic amines) is 1. The molecule has 16 heavy (non-hydrogen) atoms. The van der Waals surface area contributed by atoms with Crippen LogP contribution >= 0.6 is 23.2 Å². The molecule has 3 nitrogen and oxygen atoms in total. The number of nitrogens with zero attached hydrogens (tertiary/aromatic N) is 1. The third kappa shape index (κ3) is 1.79. The summed E-state index contributed by atoms with van der Waals surface area (Å²) < 4.78 is 0. The summed E-state index contributed by atoms with van der Waals surface area (Å²) in [5, 5.41) is 10.7. The van der Waals surface area contributed by atoms with Crippen molar-refractivity contribution in [2.24, 2.45) is 0 Å². The standard InChI is InChI=1S/C11H11Cl2NO2/c1-14-5-8(15)10(11(14)16)9-6(12)3-2-4-7(9)13/h2-4,8,10,15H,5H2,1H3. The summed E-state index contributed by atoms with van der Waals surface area (Å²) >= 11 is 12.0. The highest BCUT2D eigenvalue weighted by Gasteiger charge is 2.40. The Morgan fingerprint density at radius 2 is 1.94 bits per heavy atom. The Bertz CT molecular complexity index is 416. The fraction of sp³-hybridized carbons (Fsp3) is 0.364. The molecule has 5 heteroatoms. The van der Waals surface area contributed by atoms with E-state index in [0.29, 0.717) is 22.2 Å². The minimum Gasteiger partial charge on any atom is -0.390 e. The van der Waals surface area contributed by atoms with E-state index in [0.717, 1.165) is 0 Å². The molecule has 0 bridgehead atoms. The van der Waals surface area contributed by atoms with Gasteiger partial charge in [0.25, 0.3) is 0 Å². The number of hydrogen-bond donors (Lipinski definition) is 1. The minimum absolute atomic E-state index is 0.150. The Balaban J connectivity index is 2.48. The molecular formula is C11H11Cl2NO2. The Labute approximate surface area is 104 Å². The minimum atomic E-state index is -0.755. The zero-order chi connectivity index (χ0) is 11.9. The second-order valence-corrected chi connectivity index (χ2v) is 4.71. The molecule has 1 aliphatic heterocycles. The first-order valence-electron chi connectivity index (χ1n) is 4.89. The van der Waals surface area contributed by atoms with E-state index in [4.69, 9.17) is 23.2 Å². The van der Waals surface area contributed by atoms with Crippen LogP contribution < -0.4 is 0 Å². The van der Waals surface area contributed by atoms with Crippen molar-refractivity contribution in [2.75, 3.05) is 13.6 Å². The van der Waals surface area contributed by atoms with Crippen molar-refractivity contribution >= 4 is 29.1 Å². The van der Waals surface area contributed by atoms with E-state index in [1.165, 1.54) is 4.90 Å². The van der Waals surface area contributed by atoms with E-state index in [-0.39, 0.29) is 5.91 Å². The van der Waals surface area contributed by atoms with Crippen molar-refractivity contribution in [1.29, 1.82) is 0 Å². The van der Waals surface area contributed by atoms with Gasteiger partial charge in [-0.2, -0.15) is 0 Å². The summed E-state index contributed by atoms with van der Waals surface area (Å²) in [4.78, 5) is 13.4. The topological polar surface area (TPSA) is 40.5 Å². The third-order valence-corrected chi connectivity index (χ3v) is 3.46. The van der Waals surface area contributed by atoms with Crippen molar-refractivity contribution in [2.45, 2.75) is 12.0 Å². The van der Waals surface area contributed by atoms with Crippen LogP contribution in [0.15, 0.2) is 18.2 Å². The van der Waals surface area contributed by atoms with Crippen molar-refractivity contribution in [1.82, 2.24) is 4.90 Å². The monoisotopic (exact) mass is 259 g/mol. The zero-order valence-electron chi connectivity index (χ0n) is 8.65. The fourth-order valence-electron chi connectivity index (χ4n) is 2.00. The number of halogens is 2. The molecule has 0 aliphatic carbocycles. The van der Waals surface area contributed by atoms with Crippen LogP contribution in [0.3, 0.4) is 0 Å². The molecule has 1 aromatic carbocycles. The molecule has 0 spiro atoms. The van der Waals surface area contributed by atoms with Crippen LogP contribution in [0, 0.1) is 0 Å². The second-order valence-electron chi connectivity index (χ2n) is 3.90. The van der Waals surface area contributed by atoms with Gasteiger partial charge >= 0.3 is 0 Å². The van der Waals surface area contributed by atoms with Crippen LogP contribution in [0.5, 0.6) is 0 Å². The molecule has 1 amide bonds. The van der Waals surface area contributed by atoms with E-state index in [9.17, 15) is 9.90 Å². The van der Waals surface area contributed by atoms with Crippen LogP contribution in [0.4, 0.5) is 0 Å². The van der Waals surface area contributed by atoms with Crippen molar-refractivity contribution in [3.05, 3.63) is 33.8 Å². The van der Waals surface area contributed by atoms with Crippen LogP contribution in [-0.4, -0.2) is 35.6 Å². The van der Waals surface area contributed by atoms with Gasteiger partial charge in [0.15, 0.2) is 0 Å². The molecule has 0 saturated carbocycles. The van der Waals surface area contributed by atoms with Crippen molar-refractivity contribution < 1.29 is 9.90 Å². The summed E-state index contributed by atoms with van der Waals surface area (Å²) in [7, 11) is 1.65. The lowest BCUT2D eigenvalue weighted by Gasteiger charge is -2.15. The number of benzene rings is 1. The number of likely N-dealkylation sites (N-methyl/N-ethyl adjacent to an activating group) is 1. The van der Waals surface area contributed by atoms with E-state index >= 15 is 0 Å². The Kier molecular flexibility index (Phi) is 3.10. The van der Waals surface area contributed by atoms with Gasteiger partial charge in [-0.05, 0) is 12.1 Å². The van der Waals surface area contributed by atoms with Gasteiger partial charge in [0.1, 0.15) is 0 Å². The molecule has 1 aliphatic rings. The van der Waals surface area contributed by atoms with Gasteiger partial charge in [0, 0.05) is 29.2 Å². The first-order valence-corrected chi connectivity index (χ1v) is 5.65. The highest BCUT2D eigenvalue weighted by Crippen LogP contribution is 2.37. The quantitative estimate of drug-likeness (QED) is 0.837. The molecule has 1 N–H and O–H groups in total. The van der Waals surface area contributed by atoms with Gasteiger partial charge in [-0.3, -0.25) is 4.79 Å². The number of rotatable bonds is 1. The van der Waals surface area contributed by atoms with Crippen molar-refractivity contribution in [3.63, 3.8) is 0 Å². The van der Waals surface area contributed by atoms with E-state index < -0.39 is 12.0 Å². The Morgan fingerprint density at radius 1 is 1.38 bits per heavy atom. The number of carbonyl (C=O) groups excluding carboxylic acids is 1. The normalized spacial score (nSPS) is 25.2. The van der Waals surface area contributed by atoms with Gasteiger partial charge in [0.05, 0.1) is 12.0 Å². The summed E-state index contributed by atoms with van der Waals surface area (Å²) in [6.07, 6.45) is -0.755. The molecule has 0 aromatic heterocycles. The number of amides is 1. The van der Waals surface area contributed by atoms with E-state index in [1.54, 1.807) is 25.2 Å². The SMILES string of the molecule is CN1CC(O)C(c2c(Cl)cccc2Cl)C1=O. The largest absolute Gasteiger partial charge is 0.390 e. The summed E-state index contributed by atoms with van der Waals surface area (Å²) in [5.41, 5.74) is 0.521. The number of hydrogen-bond acceptors (Lipinski definition) is 2. The number of aliphatic hydroxyl groups excluding tert-OH is 1. The van der Waals surface area contributed by atoms with Crippen LogP contribution in [0.2, 0.25) is 10.0 Å². The van der Waals surface area contributed by atoms with Crippen LogP contribution in [-0.2, 0) is 4.79 Å². The molecule has 1 aromatic rings. The highest BCUT2D eigenvalue weighted by molar-refractivity contribution is 6.36. The lowest BCUT2D eigenvalue weighted by molar-refractivity contribution is -0.128. The van der Waals surface area contributed by atoms with Crippen LogP contribution in [0.1, 0.15) is 11.5 Å². The molecule has 2 rings (SSSR count). The zero-order valence-corrected chi connectivity index (χ0v) is 10.2. The lowest BCUT2D eigenvalue weighted by atomic mass is 9.95. The molecular weight excluding hydrogens is 249 g/mol. The number of β-amino-alcohol motifs (C(OH)–C–C–N with tert-alkyl or cyclic N) is 1. The summed E-state index contributed by atoms with van der Waals surface area (Å²) in [5.74, 6) is -0.798. The average Bonchev–Trinajstić information content (AvgIpc) is 2.44. The number of carbonyl (C=O) groups is 1. The predicted octanol–water partition coefficient (Wildman–Crippen LogP) is 1.91. The van der Waals surface area contributed by atoms with Crippen LogP contribution in [0.25, 0.3) is 0 Å². The smallest absolute Gasteiger partial charge is 0.232 e. The summed E-state index contributed by atoms with van der Waals surface area (Å²) in [6.45, 7) is 0.311. The second kappa shape index (κ2) is 4.24. The van der Waals surface area contributed by atoms with Gasteiger partial charge in [-0.25, -0.2) is 0 Å². The molecule has 1 saturated heterocycles. The third-order valence-electron chi connectivity index (χ3n) is 2.80. The fourth-order valence-corrected chi connectivity index (χ4v) is 2.63. The van der Waals surface area contributed by atoms with Gasteiger partial charge < -0.3 is 10.0 Å². The van der Waals surface area contributed by atoms with Gasteiger partial charge in [-0.15, -0.1) is 0 Å². The summed E-state index contributed by atoms with van der Waals surface area (Å²) in [6, 6.07) is 5.05. The van der Waals surface area contributed by atoms with Gasteiger partial charge in [0.2, 0.25) is 5.91 Å². The van der Waals surface area contributed by atoms with Crippen molar-refractivity contribution in [3.8, 4) is 0 Å².